The third-order valence-corrected chi connectivity index (χ3v) is 3.52. The van der Waals surface area contributed by atoms with Crippen molar-refractivity contribution in [3.8, 4) is 0 Å². The predicted octanol–water partition coefficient (Wildman–Crippen LogP) is 2.67. The van der Waals surface area contributed by atoms with E-state index in [0.29, 0.717) is 13.0 Å². The number of rotatable bonds is 4. The van der Waals surface area contributed by atoms with E-state index in [-0.39, 0.29) is 5.91 Å². The number of nitrogens with one attached hydrogen (secondary N) is 1. The van der Waals surface area contributed by atoms with Gasteiger partial charge in [-0.1, -0.05) is 12.1 Å². The largest absolute Gasteiger partial charge is 0.464 e. The van der Waals surface area contributed by atoms with Crippen molar-refractivity contribution in [3.63, 3.8) is 0 Å². The lowest BCUT2D eigenvalue weighted by molar-refractivity contribution is -0.129. The Hall–Kier alpha value is -2.56. The number of aromatic amines is 1. The standard InChI is InChI=1S/C16H17N3O2/c1-11-3-4-13-12(10-21-14(13)7-11)8-16(20)19(2)9-15-17-5-6-18-15/h3-7,10H,8-9H2,1-2H3,(H,17,18). The number of aryl methyl sites for hydroxylation is 1. The second kappa shape index (κ2) is 5.44. The van der Waals surface area contributed by atoms with Crippen LogP contribution in [-0.2, 0) is 17.8 Å². The van der Waals surface area contributed by atoms with E-state index in [1.165, 1.54) is 0 Å². The predicted molar refractivity (Wildman–Crippen MR) is 79.7 cm³/mol. The highest BCUT2D eigenvalue weighted by Crippen LogP contribution is 2.23. The molecule has 1 aromatic carbocycles. The van der Waals surface area contributed by atoms with E-state index in [1.807, 2.05) is 25.1 Å². The summed E-state index contributed by atoms with van der Waals surface area (Å²) in [6.45, 7) is 2.49. The first kappa shape index (κ1) is 13.4. The second-order valence-corrected chi connectivity index (χ2v) is 5.22. The summed E-state index contributed by atoms with van der Waals surface area (Å²) >= 11 is 0. The van der Waals surface area contributed by atoms with E-state index < -0.39 is 0 Å². The zero-order valence-electron chi connectivity index (χ0n) is 12.1. The van der Waals surface area contributed by atoms with Gasteiger partial charge in [0.05, 0.1) is 19.2 Å². The summed E-state index contributed by atoms with van der Waals surface area (Å²) in [5, 5.41) is 1.00. The van der Waals surface area contributed by atoms with Gasteiger partial charge in [0.2, 0.25) is 5.91 Å². The third-order valence-electron chi connectivity index (χ3n) is 3.52. The molecule has 0 saturated carbocycles. The fourth-order valence-electron chi connectivity index (χ4n) is 2.32. The molecule has 0 aliphatic rings. The average molecular weight is 283 g/mol. The Morgan fingerprint density at radius 1 is 1.43 bits per heavy atom. The highest BCUT2D eigenvalue weighted by atomic mass is 16.3. The van der Waals surface area contributed by atoms with Crippen LogP contribution in [0.25, 0.3) is 11.0 Å². The molecular weight excluding hydrogens is 266 g/mol. The SMILES string of the molecule is Cc1ccc2c(CC(=O)N(C)Cc3ncc[nH]3)coc2c1. The summed E-state index contributed by atoms with van der Waals surface area (Å²) in [7, 11) is 1.78. The highest BCUT2D eigenvalue weighted by molar-refractivity contribution is 5.87. The van der Waals surface area contributed by atoms with E-state index in [4.69, 9.17) is 4.42 Å². The Balaban J connectivity index is 1.74. The summed E-state index contributed by atoms with van der Waals surface area (Å²) in [5.41, 5.74) is 2.89. The Bertz CT molecular complexity index is 759. The van der Waals surface area contributed by atoms with Crippen molar-refractivity contribution >= 4 is 16.9 Å². The quantitative estimate of drug-likeness (QED) is 0.800. The van der Waals surface area contributed by atoms with E-state index in [2.05, 4.69) is 9.97 Å². The number of aromatic nitrogens is 2. The number of hydrogen-bond acceptors (Lipinski definition) is 3. The summed E-state index contributed by atoms with van der Waals surface area (Å²) in [5.74, 6) is 0.813. The fourth-order valence-corrected chi connectivity index (χ4v) is 2.32. The minimum atomic E-state index is 0.0367. The van der Waals surface area contributed by atoms with Crippen molar-refractivity contribution in [2.45, 2.75) is 19.9 Å². The molecule has 2 aromatic heterocycles. The van der Waals surface area contributed by atoms with Gasteiger partial charge in [0.25, 0.3) is 0 Å². The first-order chi connectivity index (χ1) is 10.1. The van der Waals surface area contributed by atoms with Crippen molar-refractivity contribution in [2.75, 3.05) is 7.05 Å². The van der Waals surface area contributed by atoms with E-state index in [0.717, 1.165) is 27.9 Å². The minimum Gasteiger partial charge on any atom is -0.464 e. The lowest BCUT2D eigenvalue weighted by atomic mass is 10.1. The first-order valence-electron chi connectivity index (χ1n) is 6.82. The number of likely N-dealkylation sites (N-methyl/N-ethyl adjacent to an activating group) is 1. The molecule has 2 heterocycles. The monoisotopic (exact) mass is 283 g/mol. The molecule has 5 nitrogen and oxygen atoms in total. The van der Waals surface area contributed by atoms with Gasteiger partial charge in [0.1, 0.15) is 11.4 Å². The summed E-state index contributed by atoms with van der Waals surface area (Å²) in [6, 6.07) is 6.01. The van der Waals surface area contributed by atoms with Crippen LogP contribution < -0.4 is 0 Å². The van der Waals surface area contributed by atoms with E-state index >= 15 is 0 Å². The third kappa shape index (κ3) is 2.81. The molecule has 0 saturated heterocycles. The molecule has 0 aliphatic carbocycles. The van der Waals surface area contributed by atoms with Crippen LogP contribution in [0.4, 0.5) is 0 Å². The molecule has 3 aromatic rings. The maximum Gasteiger partial charge on any atom is 0.227 e. The Morgan fingerprint density at radius 2 is 2.29 bits per heavy atom. The molecule has 1 N–H and O–H groups in total. The van der Waals surface area contributed by atoms with Crippen LogP contribution in [0.1, 0.15) is 17.0 Å². The maximum atomic E-state index is 12.3. The van der Waals surface area contributed by atoms with Gasteiger partial charge >= 0.3 is 0 Å². The molecule has 0 fully saturated rings. The maximum absolute atomic E-state index is 12.3. The number of benzene rings is 1. The lowest BCUT2D eigenvalue weighted by Gasteiger charge is -2.15. The van der Waals surface area contributed by atoms with Crippen molar-refractivity contribution in [2.24, 2.45) is 0 Å². The zero-order chi connectivity index (χ0) is 14.8. The van der Waals surface area contributed by atoms with Gasteiger partial charge in [-0.05, 0) is 18.6 Å². The van der Waals surface area contributed by atoms with Crippen LogP contribution in [0.3, 0.4) is 0 Å². The minimum absolute atomic E-state index is 0.0367. The molecule has 0 spiro atoms. The summed E-state index contributed by atoms with van der Waals surface area (Å²) in [6.07, 6.45) is 5.43. The molecule has 0 bridgehead atoms. The molecule has 108 valence electrons. The van der Waals surface area contributed by atoms with Crippen molar-refractivity contribution in [1.82, 2.24) is 14.9 Å². The highest BCUT2D eigenvalue weighted by Gasteiger charge is 2.14. The number of amides is 1. The number of fused-ring (bicyclic) bond motifs is 1. The fraction of sp³-hybridized carbons (Fsp3) is 0.250. The number of H-pyrrole nitrogens is 1. The van der Waals surface area contributed by atoms with Crippen LogP contribution in [0.15, 0.2) is 41.3 Å². The smallest absolute Gasteiger partial charge is 0.227 e. The van der Waals surface area contributed by atoms with Gasteiger partial charge in [-0.3, -0.25) is 4.79 Å². The summed E-state index contributed by atoms with van der Waals surface area (Å²) < 4.78 is 5.53. The molecule has 21 heavy (non-hydrogen) atoms. The van der Waals surface area contributed by atoms with Gasteiger partial charge < -0.3 is 14.3 Å². The zero-order valence-corrected chi connectivity index (χ0v) is 12.1. The normalized spacial score (nSPS) is 11.0. The van der Waals surface area contributed by atoms with E-state index in [9.17, 15) is 4.79 Å². The van der Waals surface area contributed by atoms with Gasteiger partial charge in [0.15, 0.2) is 0 Å². The van der Waals surface area contributed by atoms with Gasteiger partial charge in [-0.15, -0.1) is 0 Å². The van der Waals surface area contributed by atoms with Gasteiger partial charge in [-0.25, -0.2) is 4.98 Å². The molecule has 1 amide bonds. The second-order valence-electron chi connectivity index (χ2n) is 5.22. The number of nitrogens with zero attached hydrogens (tertiary/aromatic N) is 2. The molecule has 0 unspecified atom stereocenters. The Labute approximate surface area is 122 Å². The molecule has 5 heteroatoms. The molecule has 0 radical (unpaired) electrons. The van der Waals surface area contributed by atoms with Crippen LogP contribution in [0.5, 0.6) is 0 Å². The molecule has 0 aliphatic heterocycles. The van der Waals surface area contributed by atoms with E-state index in [1.54, 1.807) is 30.6 Å². The number of furan rings is 1. The number of hydrogen-bond donors (Lipinski definition) is 1. The van der Waals surface area contributed by atoms with Crippen LogP contribution in [0, 0.1) is 6.92 Å². The molecule has 0 atom stereocenters. The topological polar surface area (TPSA) is 62.1 Å². The Morgan fingerprint density at radius 3 is 3.05 bits per heavy atom. The van der Waals surface area contributed by atoms with Crippen LogP contribution in [-0.4, -0.2) is 27.8 Å². The lowest BCUT2D eigenvalue weighted by Crippen LogP contribution is -2.28. The van der Waals surface area contributed by atoms with Gasteiger partial charge in [0, 0.05) is 30.4 Å². The van der Waals surface area contributed by atoms with Crippen molar-refractivity contribution < 1.29 is 9.21 Å². The van der Waals surface area contributed by atoms with Crippen LogP contribution in [0.2, 0.25) is 0 Å². The Kier molecular flexibility index (Phi) is 3.48. The van der Waals surface area contributed by atoms with Gasteiger partial charge in [-0.2, -0.15) is 0 Å². The average Bonchev–Trinajstić information content (AvgIpc) is 3.08. The first-order valence-corrected chi connectivity index (χ1v) is 6.82. The molecular formula is C16H17N3O2. The van der Waals surface area contributed by atoms with Crippen molar-refractivity contribution in [3.05, 3.63) is 53.8 Å². The number of imidazole rings is 1. The van der Waals surface area contributed by atoms with Crippen molar-refractivity contribution in [1.29, 1.82) is 0 Å². The summed E-state index contributed by atoms with van der Waals surface area (Å²) in [4.78, 5) is 21.1. The number of carbonyl (C=O) groups excluding carboxylic acids is 1. The number of carbonyl (C=O) groups is 1. The molecule has 3 rings (SSSR count). The van der Waals surface area contributed by atoms with Crippen LogP contribution >= 0.6 is 0 Å².